The van der Waals surface area contributed by atoms with Gasteiger partial charge in [-0.3, -0.25) is 24.2 Å². The van der Waals surface area contributed by atoms with Gasteiger partial charge < -0.3 is 25.5 Å². The highest BCUT2D eigenvalue weighted by Crippen LogP contribution is 2.54. The molecule has 11 heteroatoms. The molecule has 6 fully saturated rings. The fraction of sp³-hybridized carbons (Fsp3) is 0.800. The zero-order valence-electron chi connectivity index (χ0n) is 28.2. The quantitative estimate of drug-likeness (QED) is 0.454. The summed E-state index contributed by atoms with van der Waals surface area (Å²) in [4.78, 5) is 58.4. The van der Waals surface area contributed by atoms with Crippen molar-refractivity contribution in [3.63, 3.8) is 0 Å². The minimum Gasteiger partial charge on any atom is -0.390 e. The largest absolute Gasteiger partial charge is 0.390 e. The molecule has 4 heterocycles. The second-order valence-corrected chi connectivity index (χ2v) is 16.3. The summed E-state index contributed by atoms with van der Waals surface area (Å²) in [6, 6.07) is 0. The van der Waals surface area contributed by atoms with E-state index in [9.17, 15) is 24.3 Å². The third-order valence-electron chi connectivity index (χ3n) is 11.4. The molecule has 0 unspecified atom stereocenters. The van der Waals surface area contributed by atoms with Crippen LogP contribution in [0, 0.1) is 28.6 Å². The summed E-state index contributed by atoms with van der Waals surface area (Å²) in [6.07, 6.45) is 16.7. The summed E-state index contributed by atoms with van der Waals surface area (Å²) >= 11 is 1.29. The van der Waals surface area contributed by atoms with E-state index in [-0.39, 0.29) is 35.6 Å². The lowest BCUT2D eigenvalue weighted by molar-refractivity contribution is -0.150. The number of amides is 4. The van der Waals surface area contributed by atoms with Crippen molar-refractivity contribution in [1.29, 1.82) is 0 Å². The normalized spacial score (nSPS) is 27.0. The summed E-state index contributed by atoms with van der Waals surface area (Å²) < 4.78 is 0. The first-order chi connectivity index (χ1) is 21.9. The summed E-state index contributed by atoms with van der Waals surface area (Å²) in [6.45, 7) is 10.1. The zero-order valence-corrected chi connectivity index (χ0v) is 29.0. The first-order valence-corrected chi connectivity index (χ1v) is 18.5. The van der Waals surface area contributed by atoms with Gasteiger partial charge in [-0.2, -0.15) is 0 Å². The van der Waals surface area contributed by atoms with Gasteiger partial charge in [0.25, 0.3) is 5.91 Å². The Morgan fingerprint density at radius 3 is 2.09 bits per heavy atom. The van der Waals surface area contributed by atoms with Crippen LogP contribution < -0.4 is 5.73 Å². The van der Waals surface area contributed by atoms with Gasteiger partial charge in [-0.1, -0.05) is 40.0 Å². The van der Waals surface area contributed by atoms with Crippen LogP contribution in [0.15, 0.2) is 11.7 Å². The Balaban J connectivity index is 0.000000188. The first-order valence-electron chi connectivity index (χ1n) is 17.7. The Hall–Kier alpha value is -2.53. The number of carbonyl (C=O) groups is 4. The van der Waals surface area contributed by atoms with Crippen LogP contribution in [-0.4, -0.2) is 93.3 Å². The van der Waals surface area contributed by atoms with Crippen molar-refractivity contribution < 1.29 is 25.7 Å². The summed E-state index contributed by atoms with van der Waals surface area (Å²) in [5.41, 5.74) is 6.75. The van der Waals surface area contributed by atoms with Crippen molar-refractivity contribution in [3.8, 4) is 0 Å². The van der Waals surface area contributed by atoms with E-state index in [4.69, 9.17) is 5.73 Å². The molecule has 1 spiro atoms. The molecule has 258 valence electrons. The summed E-state index contributed by atoms with van der Waals surface area (Å²) in [5, 5.41) is 9.75. The average Bonchev–Trinajstić information content (AvgIpc) is 3.73. The predicted molar refractivity (Wildman–Crippen MR) is 180 cm³/mol. The van der Waals surface area contributed by atoms with Gasteiger partial charge >= 0.3 is 0 Å². The van der Waals surface area contributed by atoms with E-state index in [2.05, 4.69) is 25.8 Å². The van der Waals surface area contributed by atoms with Gasteiger partial charge in [0, 0.05) is 58.4 Å². The maximum atomic E-state index is 12.6. The van der Waals surface area contributed by atoms with Gasteiger partial charge in [-0.25, -0.2) is 0 Å². The molecule has 0 radical (unpaired) electrons. The third kappa shape index (κ3) is 7.94. The van der Waals surface area contributed by atoms with E-state index in [0.29, 0.717) is 42.9 Å². The number of likely N-dealkylation sites (tertiary alicyclic amines) is 3. The molecule has 1 aromatic heterocycles. The van der Waals surface area contributed by atoms with Crippen molar-refractivity contribution in [2.75, 3.05) is 39.3 Å². The highest BCUT2D eigenvalue weighted by atomic mass is 32.1. The number of primary amides is 1. The topological polar surface area (TPSA) is 137 Å². The SMILES string of the molecule is CC1(C)C[C@@H]1C(=O)N1CC2(CN(C(=O)c3cncs3)C[C@H]2C(N)=O)C1.CCCC(=O)N1CCCCC1.OC1(C2CCCCC2)CC1.[HH]. The molecule has 0 aromatic carbocycles. The Bertz CT molecular complexity index is 1240. The minimum absolute atomic E-state index is 0. The monoisotopic (exact) mass is 659 g/mol. The molecule has 2 atom stereocenters. The number of piperidine rings is 1. The Morgan fingerprint density at radius 2 is 1.57 bits per heavy atom. The van der Waals surface area contributed by atoms with E-state index >= 15 is 0 Å². The lowest BCUT2D eigenvalue weighted by Gasteiger charge is -2.50. The number of aliphatic hydroxyl groups is 1. The molecule has 3 saturated heterocycles. The van der Waals surface area contributed by atoms with Crippen LogP contribution in [0.4, 0.5) is 0 Å². The van der Waals surface area contributed by atoms with Crippen molar-refractivity contribution in [2.24, 2.45) is 34.3 Å². The molecule has 4 amide bonds. The number of hydrogen-bond donors (Lipinski definition) is 2. The number of aromatic nitrogens is 1. The Morgan fingerprint density at radius 1 is 0.957 bits per heavy atom. The van der Waals surface area contributed by atoms with Gasteiger partial charge in [0.1, 0.15) is 4.88 Å². The highest BCUT2D eigenvalue weighted by molar-refractivity contribution is 7.11. The maximum Gasteiger partial charge on any atom is 0.265 e. The molecular formula is C35H57N5O5S. The molecular weight excluding hydrogens is 602 g/mol. The fourth-order valence-electron chi connectivity index (χ4n) is 7.98. The number of hydrogen-bond acceptors (Lipinski definition) is 7. The van der Waals surface area contributed by atoms with Crippen LogP contribution in [0.2, 0.25) is 0 Å². The number of nitrogens with two attached hydrogens (primary N) is 1. The minimum atomic E-state index is -0.402. The van der Waals surface area contributed by atoms with Crippen molar-refractivity contribution in [2.45, 2.75) is 110 Å². The summed E-state index contributed by atoms with van der Waals surface area (Å²) in [5.74, 6) is 0.380. The number of nitrogens with zero attached hydrogens (tertiary/aromatic N) is 4. The molecule has 6 aliphatic rings. The van der Waals surface area contributed by atoms with Gasteiger partial charge in [0.05, 0.1) is 23.2 Å². The van der Waals surface area contributed by atoms with E-state index in [0.717, 1.165) is 45.2 Å². The molecule has 1 aromatic rings. The second kappa shape index (κ2) is 14.3. The summed E-state index contributed by atoms with van der Waals surface area (Å²) in [7, 11) is 0. The van der Waals surface area contributed by atoms with E-state index in [1.807, 2.05) is 9.80 Å². The van der Waals surface area contributed by atoms with E-state index in [1.54, 1.807) is 16.6 Å². The van der Waals surface area contributed by atoms with Gasteiger partial charge in [0.2, 0.25) is 17.7 Å². The van der Waals surface area contributed by atoms with Crippen LogP contribution in [0.1, 0.15) is 115 Å². The van der Waals surface area contributed by atoms with E-state index in [1.165, 1.54) is 62.7 Å². The molecule has 10 nitrogen and oxygen atoms in total. The van der Waals surface area contributed by atoms with Crippen LogP contribution >= 0.6 is 11.3 Å². The molecule has 0 bridgehead atoms. The highest BCUT2D eigenvalue weighted by Gasteiger charge is 2.61. The number of carbonyl (C=O) groups excluding carboxylic acids is 4. The zero-order chi connectivity index (χ0) is 33.1. The third-order valence-corrected chi connectivity index (χ3v) is 12.1. The molecule has 46 heavy (non-hydrogen) atoms. The Kier molecular flexibility index (Phi) is 10.8. The van der Waals surface area contributed by atoms with Crippen molar-refractivity contribution in [1.82, 2.24) is 19.7 Å². The standard InChI is InChI=1S/C17H22N4O3S.C9H17NO.C9H16O.H2/c1-16(2)3-10(16)14(23)21-7-17(8-21)6-20(5-11(17)13(18)22)15(24)12-4-19-9-25-12;1-2-6-9(11)10-7-4-3-5-8-10;10-9(6-7-9)8-4-2-1-3-5-8;/h4,9-11H,3,5-8H2,1-2H3,(H2,18,22);2-8H2,1H3;8,10H,1-7H2;1H/t10-,11+;;;/m1.../s1. The smallest absolute Gasteiger partial charge is 0.265 e. The molecule has 3 aliphatic carbocycles. The van der Waals surface area contributed by atoms with Crippen LogP contribution in [0.25, 0.3) is 0 Å². The molecule has 3 N–H and O–H groups in total. The van der Waals surface area contributed by atoms with Gasteiger partial charge in [-0.05, 0) is 69.1 Å². The fourth-order valence-corrected chi connectivity index (χ4v) is 8.57. The van der Waals surface area contributed by atoms with Crippen molar-refractivity contribution >= 4 is 35.0 Å². The average molecular weight is 660 g/mol. The number of rotatable bonds is 6. The second-order valence-electron chi connectivity index (χ2n) is 15.4. The van der Waals surface area contributed by atoms with Gasteiger partial charge in [0.15, 0.2) is 0 Å². The first kappa shape index (κ1) is 34.8. The van der Waals surface area contributed by atoms with Gasteiger partial charge in [-0.15, -0.1) is 11.3 Å². The lowest BCUT2D eigenvalue weighted by Crippen LogP contribution is -2.64. The molecule has 3 saturated carbocycles. The predicted octanol–water partition coefficient (Wildman–Crippen LogP) is 4.71. The molecule has 3 aliphatic heterocycles. The van der Waals surface area contributed by atoms with Crippen LogP contribution in [0.5, 0.6) is 0 Å². The lowest BCUT2D eigenvalue weighted by atomic mass is 9.71. The van der Waals surface area contributed by atoms with Crippen LogP contribution in [0.3, 0.4) is 0 Å². The van der Waals surface area contributed by atoms with E-state index < -0.39 is 11.8 Å². The van der Waals surface area contributed by atoms with Crippen LogP contribution in [-0.2, 0) is 14.4 Å². The number of thiazole rings is 1. The molecule has 7 rings (SSSR count). The van der Waals surface area contributed by atoms with Crippen molar-refractivity contribution in [3.05, 3.63) is 16.6 Å². The maximum absolute atomic E-state index is 12.6. The Labute approximate surface area is 279 Å².